The first kappa shape index (κ1) is 11.1. The molecule has 3 nitrogen and oxygen atoms in total. The molecule has 3 heteroatoms. The van der Waals surface area contributed by atoms with Gasteiger partial charge < -0.3 is 4.42 Å². The number of rotatable bonds is 1. The van der Waals surface area contributed by atoms with Crippen LogP contribution < -0.4 is 0 Å². The fraction of sp³-hybridized carbons (Fsp3) is 0. The summed E-state index contributed by atoms with van der Waals surface area (Å²) in [5.41, 5.74) is 2.30. The van der Waals surface area contributed by atoms with Gasteiger partial charge >= 0.3 is 0 Å². The van der Waals surface area contributed by atoms with Crippen molar-refractivity contribution in [2.75, 3.05) is 0 Å². The van der Waals surface area contributed by atoms with E-state index in [2.05, 4.69) is 0 Å². The molecule has 3 aromatic rings. The maximum atomic E-state index is 9.00. The molecule has 0 aliphatic carbocycles. The van der Waals surface area contributed by atoms with Crippen molar-refractivity contribution in [2.24, 2.45) is 0 Å². The summed E-state index contributed by atoms with van der Waals surface area (Å²) in [5.74, 6) is 0.731. The molecule has 1 aromatic heterocycles. The molecule has 88 valence electrons. The number of benzene rings is 2. The van der Waals surface area contributed by atoms with E-state index in [-0.39, 0.29) is 0 Å². The lowest BCUT2D eigenvalue weighted by Gasteiger charge is -1.94. The van der Waals surface area contributed by atoms with Gasteiger partial charge in [-0.25, -0.2) is 0 Å². The van der Waals surface area contributed by atoms with Crippen LogP contribution >= 0.6 is 0 Å². The minimum Gasteiger partial charge on any atom is -0.456 e. The zero-order valence-electron chi connectivity index (χ0n) is 9.92. The normalized spacial score (nSPS) is 10.0. The van der Waals surface area contributed by atoms with Crippen LogP contribution in [0.4, 0.5) is 0 Å². The summed E-state index contributed by atoms with van der Waals surface area (Å²) in [4.78, 5) is 0. The van der Waals surface area contributed by atoms with Gasteiger partial charge in [-0.05, 0) is 12.1 Å². The highest BCUT2D eigenvalue weighted by molar-refractivity contribution is 5.85. The van der Waals surface area contributed by atoms with Crippen molar-refractivity contribution >= 4 is 11.0 Å². The second-order valence-electron chi connectivity index (χ2n) is 4.14. The third kappa shape index (κ3) is 1.84. The van der Waals surface area contributed by atoms with Gasteiger partial charge in [0, 0.05) is 17.0 Å². The Hall–Kier alpha value is -3.04. The topological polar surface area (TPSA) is 60.7 Å². The predicted molar refractivity (Wildman–Crippen MR) is 71.1 cm³/mol. The van der Waals surface area contributed by atoms with Gasteiger partial charge in [0.05, 0.1) is 11.1 Å². The summed E-state index contributed by atoms with van der Waals surface area (Å²) in [7, 11) is 0. The smallest absolute Gasteiger partial charge is 0.136 e. The van der Waals surface area contributed by atoms with E-state index in [1.807, 2.05) is 48.5 Å². The van der Waals surface area contributed by atoms with E-state index < -0.39 is 0 Å². The molecule has 0 radical (unpaired) electrons. The fourth-order valence-corrected chi connectivity index (χ4v) is 2.02. The standard InChI is InChI=1S/C16H8N2O/c17-9-13-6-12-7-15(11-4-2-1-3-5-11)19-16(12)8-14(13)10-18/h1-8H. The van der Waals surface area contributed by atoms with Crippen LogP contribution in [-0.4, -0.2) is 0 Å². The molecule has 0 atom stereocenters. The number of hydrogen-bond donors (Lipinski definition) is 0. The zero-order chi connectivity index (χ0) is 13.2. The van der Waals surface area contributed by atoms with Gasteiger partial charge in [-0.1, -0.05) is 30.3 Å². The van der Waals surface area contributed by atoms with Crippen molar-refractivity contribution in [1.82, 2.24) is 0 Å². The van der Waals surface area contributed by atoms with Gasteiger partial charge in [-0.15, -0.1) is 0 Å². The molecule has 0 amide bonds. The van der Waals surface area contributed by atoms with Crippen LogP contribution in [0.25, 0.3) is 22.3 Å². The van der Waals surface area contributed by atoms with Crippen LogP contribution in [0.2, 0.25) is 0 Å². The molecule has 0 aliphatic heterocycles. The van der Waals surface area contributed by atoms with Gasteiger partial charge in [0.25, 0.3) is 0 Å². The van der Waals surface area contributed by atoms with Gasteiger partial charge in [0.15, 0.2) is 0 Å². The molecule has 2 aromatic carbocycles. The largest absolute Gasteiger partial charge is 0.456 e. The van der Waals surface area contributed by atoms with E-state index >= 15 is 0 Å². The molecule has 0 bridgehead atoms. The molecule has 0 spiro atoms. The SMILES string of the molecule is N#Cc1cc2cc(-c3ccccc3)oc2cc1C#N. The summed E-state index contributed by atoms with van der Waals surface area (Å²) >= 11 is 0. The Morgan fingerprint density at radius 3 is 2.21 bits per heavy atom. The van der Waals surface area contributed by atoms with Crippen LogP contribution in [0.15, 0.2) is 52.9 Å². The minimum absolute atomic E-state index is 0.337. The van der Waals surface area contributed by atoms with E-state index in [4.69, 9.17) is 14.9 Å². The van der Waals surface area contributed by atoms with Crippen molar-refractivity contribution in [3.05, 3.63) is 59.7 Å². The van der Waals surface area contributed by atoms with E-state index in [1.54, 1.807) is 12.1 Å². The summed E-state index contributed by atoms with van der Waals surface area (Å²) in [5, 5.41) is 18.8. The average molecular weight is 244 g/mol. The maximum absolute atomic E-state index is 9.00. The van der Waals surface area contributed by atoms with E-state index in [9.17, 15) is 0 Å². The maximum Gasteiger partial charge on any atom is 0.136 e. The Kier molecular flexibility index (Phi) is 2.52. The molecule has 0 fully saturated rings. The van der Waals surface area contributed by atoms with Crippen molar-refractivity contribution in [1.29, 1.82) is 10.5 Å². The van der Waals surface area contributed by atoms with Crippen LogP contribution in [0, 0.1) is 22.7 Å². The monoisotopic (exact) mass is 244 g/mol. The molecule has 0 unspecified atom stereocenters. The first-order chi connectivity index (χ1) is 9.31. The molecule has 0 N–H and O–H groups in total. The quantitative estimate of drug-likeness (QED) is 0.653. The summed E-state index contributed by atoms with van der Waals surface area (Å²) < 4.78 is 5.74. The van der Waals surface area contributed by atoms with Gasteiger partial charge in [-0.3, -0.25) is 0 Å². The third-order valence-electron chi connectivity index (χ3n) is 2.96. The minimum atomic E-state index is 0.337. The number of furan rings is 1. The molecule has 19 heavy (non-hydrogen) atoms. The van der Waals surface area contributed by atoms with Crippen molar-refractivity contribution in [3.63, 3.8) is 0 Å². The molecule has 0 saturated heterocycles. The Balaban J connectivity index is 2.23. The second-order valence-corrected chi connectivity index (χ2v) is 4.14. The van der Waals surface area contributed by atoms with E-state index in [1.165, 1.54) is 0 Å². The molecule has 1 heterocycles. The van der Waals surface area contributed by atoms with Gasteiger partial charge in [0.2, 0.25) is 0 Å². The van der Waals surface area contributed by atoms with Crippen molar-refractivity contribution in [2.45, 2.75) is 0 Å². The summed E-state index contributed by atoms with van der Waals surface area (Å²) in [6.45, 7) is 0. The lowest BCUT2D eigenvalue weighted by Crippen LogP contribution is -1.81. The fourth-order valence-electron chi connectivity index (χ4n) is 2.02. The first-order valence-electron chi connectivity index (χ1n) is 5.75. The second kappa shape index (κ2) is 4.33. The average Bonchev–Trinajstić information content (AvgIpc) is 2.89. The van der Waals surface area contributed by atoms with Crippen LogP contribution in [-0.2, 0) is 0 Å². The van der Waals surface area contributed by atoms with Crippen LogP contribution in [0.5, 0.6) is 0 Å². The highest BCUT2D eigenvalue weighted by Crippen LogP contribution is 2.29. The summed E-state index contributed by atoms with van der Waals surface area (Å²) in [6, 6.07) is 18.9. The highest BCUT2D eigenvalue weighted by Gasteiger charge is 2.10. The third-order valence-corrected chi connectivity index (χ3v) is 2.96. The van der Waals surface area contributed by atoms with Crippen molar-refractivity contribution in [3.8, 4) is 23.5 Å². The molecular formula is C16H8N2O. The Morgan fingerprint density at radius 1 is 0.842 bits per heavy atom. The molecule has 3 rings (SSSR count). The highest BCUT2D eigenvalue weighted by atomic mass is 16.3. The Labute approximate surface area is 109 Å². The van der Waals surface area contributed by atoms with E-state index in [0.717, 1.165) is 16.7 Å². The number of hydrogen-bond acceptors (Lipinski definition) is 3. The molecule has 0 saturated carbocycles. The van der Waals surface area contributed by atoms with Gasteiger partial charge in [-0.2, -0.15) is 10.5 Å². The molecular weight excluding hydrogens is 236 g/mol. The predicted octanol–water partition coefficient (Wildman–Crippen LogP) is 3.84. The lowest BCUT2D eigenvalue weighted by atomic mass is 10.1. The van der Waals surface area contributed by atoms with E-state index in [0.29, 0.717) is 16.7 Å². The number of nitrogens with zero attached hydrogens (tertiary/aromatic N) is 2. The lowest BCUT2D eigenvalue weighted by molar-refractivity contribution is 0.631. The first-order valence-corrected chi connectivity index (χ1v) is 5.75. The number of fused-ring (bicyclic) bond motifs is 1. The number of nitriles is 2. The zero-order valence-corrected chi connectivity index (χ0v) is 9.92. The van der Waals surface area contributed by atoms with Crippen molar-refractivity contribution < 1.29 is 4.42 Å². The van der Waals surface area contributed by atoms with Crippen LogP contribution in [0.1, 0.15) is 11.1 Å². The van der Waals surface area contributed by atoms with Crippen LogP contribution in [0.3, 0.4) is 0 Å². The summed E-state index contributed by atoms with van der Waals surface area (Å²) in [6.07, 6.45) is 0. The molecule has 0 aliphatic rings. The Morgan fingerprint density at radius 2 is 1.53 bits per heavy atom. The Bertz CT molecular complexity index is 782. The van der Waals surface area contributed by atoms with Gasteiger partial charge in [0.1, 0.15) is 23.5 Å².